The van der Waals surface area contributed by atoms with Crippen LogP contribution in [-0.2, 0) is 9.53 Å². The van der Waals surface area contributed by atoms with Crippen LogP contribution in [0.1, 0.15) is 63.5 Å². The third-order valence-electron chi connectivity index (χ3n) is 6.91. The molecule has 1 amide bonds. The predicted molar refractivity (Wildman–Crippen MR) is 125 cm³/mol. The number of nitrogens with zero attached hydrogens (tertiary/aromatic N) is 1. The molecule has 31 heavy (non-hydrogen) atoms. The molecule has 0 saturated carbocycles. The van der Waals surface area contributed by atoms with Gasteiger partial charge in [-0.3, -0.25) is 4.79 Å². The second-order valence-corrected chi connectivity index (χ2v) is 9.99. The van der Waals surface area contributed by atoms with Crippen LogP contribution in [0.15, 0.2) is 60.7 Å². The quantitative estimate of drug-likeness (QED) is 0.733. The number of nitrogens with one attached hydrogen (secondary N) is 1. The van der Waals surface area contributed by atoms with Gasteiger partial charge >= 0.3 is 0 Å². The van der Waals surface area contributed by atoms with E-state index in [0.717, 1.165) is 30.5 Å². The normalized spacial score (nSPS) is 26.1. The van der Waals surface area contributed by atoms with E-state index >= 15 is 0 Å². The maximum absolute atomic E-state index is 13.6. The maximum Gasteiger partial charge on any atom is 0.232 e. The molecule has 2 aromatic rings. The number of likely N-dealkylation sites (tertiary alicyclic amines) is 1. The Morgan fingerprint density at radius 2 is 1.55 bits per heavy atom. The summed E-state index contributed by atoms with van der Waals surface area (Å²) in [4.78, 5) is 16.1. The zero-order valence-electron chi connectivity index (χ0n) is 19.1. The average molecular weight is 421 g/mol. The summed E-state index contributed by atoms with van der Waals surface area (Å²) in [5, 5.41) is 3.36. The third kappa shape index (κ3) is 5.19. The molecule has 166 valence electrons. The van der Waals surface area contributed by atoms with Crippen LogP contribution < -0.4 is 5.32 Å². The van der Waals surface area contributed by atoms with Crippen LogP contribution in [0.2, 0.25) is 0 Å². The monoisotopic (exact) mass is 420 g/mol. The molecule has 1 N–H and O–H groups in total. The van der Waals surface area contributed by atoms with Crippen LogP contribution >= 0.6 is 0 Å². The summed E-state index contributed by atoms with van der Waals surface area (Å²) in [6.07, 6.45) is 4.47. The maximum atomic E-state index is 13.6. The minimum atomic E-state index is -0.416. The van der Waals surface area contributed by atoms with E-state index in [9.17, 15) is 4.79 Å². The Hall–Kier alpha value is -2.17. The van der Waals surface area contributed by atoms with E-state index in [1.54, 1.807) is 0 Å². The highest BCUT2D eigenvalue weighted by Gasteiger charge is 2.45. The van der Waals surface area contributed by atoms with E-state index in [1.807, 2.05) is 60.7 Å². The fourth-order valence-electron chi connectivity index (χ4n) is 5.37. The van der Waals surface area contributed by atoms with Crippen LogP contribution in [0.5, 0.6) is 0 Å². The first kappa shape index (κ1) is 22.0. The number of hydrogen-bond donors (Lipinski definition) is 1. The van der Waals surface area contributed by atoms with Gasteiger partial charge < -0.3 is 15.0 Å². The highest BCUT2D eigenvalue weighted by Crippen LogP contribution is 2.37. The van der Waals surface area contributed by atoms with Crippen molar-refractivity contribution in [1.82, 2.24) is 10.2 Å². The van der Waals surface area contributed by atoms with E-state index in [0.29, 0.717) is 0 Å². The van der Waals surface area contributed by atoms with Crippen molar-refractivity contribution in [1.29, 1.82) is 0 Å². The molecule has 0 unspecified atom stereocenters. The van der Waals surface area contributed by atoms with Gasteiger partial charge in [0.15, 0.2) is 0 Å². The molecule has 4 heteroatoms. The fourth-order valence-corrected chi connectivity index (χ4v) is 5.37. The number of carbonyl (C=O) groups excluding carboxylic acids is 1. The van der Waals surface area contributed by atoms with Crippen LogP contribution in [0, 0.1) is 0 Å². The standard InChI is InChI=1S/C27H36N2O2/c1-26(2)23(16-17-27(3,31-26)20-29-18-10-11-19-29)28-25(30)24(21-12-6-4-7-13-21)22-14-8-5-9-15-22/h4-9,12-15,23-24H,10-11,16-20H2,1-3H3,(H,28,30)/t23-,27-/m1/s1. The van der Waals surface area contributed by atoms with Gasteiger partial charge in [0.25, 0.3) is 0 Å². The Kier molecular flexibility index (Phi) is 6.49. The highest BCUT2D eigenvalue weighted by atomic mass is 16.5. The summed E-state index contributed by atoms with van der Waals surface area (Å²) in [6.45, 7) is 9.82. The first-order chi connectivity index (χ1) is 14.9. The van der Waals surface area contributed by atoms with Gasteiger partial charge in [-0.05, 0) is 70.7 Å². The SMILES string of the molecule is CC1(C)O[C@@](C)(CN2CCCC2)CC[C@H]1NC(=O)C(c1ccccc1)c1ccccc1. The summed E-state index contributed by atoms with van der Waals surface area (Å²) < 4.78 is 6.67. The van der Waals surface area contributed by atoms with Crippen LogP contribution in [0.4, 0.5) is 0 Å². The van der Waals surface area contributed by atoms with Crippen molar-refractivity contribution in [2.24, 2.45) is 0 Å². The van der Waals surface area contributed by atoms with Gasteiger partial charge in [0.05, 0.1) is 23.2 Å². The molecule has 4 rings (SSSR count). The molecule has 0 bridgehead atoms. The molecule has 0 aromatic heterocycles. The summed E-state index contributed by atoms with van der Waals surface area (Å²) in [6, 6.07) is 20.1. The lowest BCUT2D eigenvalue weighted by Gasteiger charge is -2.49. The summed E-state index contributed by atoms with van der Waals surface area (Å²) in [7, 11) is 0. The zero-order chi connectivity index (χ0) is 21.9. The second kappa shape index (κ2) is 9.13. The third-order valence-corrected chi connectivity index (χ3v) is 6.91. The molecule has 0 spiro atoms. The van der Waals surface area contributed by atoms with Gasteiger partial charge in [-0.1, -0.05) is 60.7 Å². The number of hydrogen-bond acceptors (Lipinski definition) is 3. The molecule has 0 radical (unpaired) electrons. The predicted octanol–water partition coefficient (Wildman–Crippen LogP) is 4.75. The van der Waals surface area contributed by atoms with E-state index in [4.69, 9.17) is 4.74 Å². The molecule has 2 aliphatic heterocycles. The van der Waals surface area contributed by atoms with E-state index in [1.165, 1.54) is 25.9 Å². The molecule has 2 aromatic carbocycles. The lowest BCUT2D eigenvalue weighted by atomic mass is 9.82. The van der Waals surface area contributed by atoms with Gasteiger partial charge in [0.1, 0.15) is 0 Å². The fraction of sp³-hybridized carbons (Fsp3) is 0.519. The molecule has 2 aliphatic rings. The number of benzene rings is 2. The van der Waals surface area contributed by atoms with E-state index in [-0.39, 0.29) is 23.5 Å². The molecular weight excluding hydrogens is 384 g/mol. The molecular formula is C27H36N2O2. The van der Waals surface area contributed by atoms with E-state index < -0.39 is 5.60 Å². The summed E-state index contributed by atoms with van der Waals surface area (Å²) in [5.41, 5.74) is 1.45. The van der Waals surface area contributed by atoms with Gasteiger partial charge in [0.2, 0.25) is 5.91 Å². The molecule has 2 fully saturated rings. The highest BCUT2D eigenvalue weighted by molar-refractivity contribution is 5.87. The van der Waals surface area contributed by atoms with Gasteiger partial charge in [-0.25, -0.2) is 0 Å². The summed E-state index contributed by atoms with van der Waals surface area (Å²) >= 11 is 0. The minimum Gasteiger partial charge on any atom is -0.366 e. The number of carbonyl (C=O) groups is 1. The molecule has 4 nitrogen and oxygen atoms in total. The number of amides is 1. The average Bonchev–Trinajstić information content (AvgIpc) is 3.24. The molecule has 2 atom stereocenters. The Labute approximate surface area is 187 Å². The van der Waals surface area contributed by atoms with E-state index in [2.05, 4.69) is 31.0 Å². The van der Waals surface area contributed by atoms with Crippen molar-refractivity contribution in [2.45, 2.75) is 69.6 Å². The Morgan fingerprint density at radius 1 is 1.00 bits per heavy atom. The van der Waals surface area contributed by atoms with Crippen molar-refractivity contribution in [2.75, 3.05) is 19.6 Å². The minimum absolute atomic E-state index is 0.0124. The molecule has 2 heterocycles. The van der Waals surface area contributed by atoms with Crippen LogP contribution in [-0.4, -0.2) is 47.7 Å². The lowest BCUT2D eigenvalue weighted by Crippen LogP contribution is -2.61. The molecule has 2 saturated heterocycles. The molecule has 0 aliphatic carbocycles. The Morgan fingerprint density at radius 3 is 2.06 bits per heavy atom. The Balaban J connectivity index is 1.49. The van der Waals surface area contributed by atoms with Crippen molar-refractivity contribution in [3.8, 4) is 0 Å². The largest absolute Gasteiger partial charge is 0.366 e. The first-order valence-electron chi connectivity index (χ1n) is 11.7. The van der Waals surface area contributed by atoms with Crippen molar-refractivity contribution in [3.63, 3.8) is 0 Å². The first-order valence-corrected chi connectivity index (χ1v) is 11.7. The summed E-state index contributed by atoms with van der Waals surface area (Å²) in [5.74, 6) is -0.279. The van der Waals surface area contributed by atoms with Crippen LogP contribution in [0.3, 0.4) is 0 Å². The van der Waals surface area contributed by atoms with Crippen LogP contribution in [0.25, 0.3) is 0 Å². The topological polar surface area (TPSA) is 41.6 Å². The van der Waals surface area contributed by atoms with Gasteiger partial charge in [-0.2, -0.15) is 0 Å². The number of ether oxygens (including phenoxy) is 1. The zero-order valence-corrected chi connectivity index (χ0v) is 19.1. The lowest BCUT2D eigenvalue weighted by molar-refractivity contribution is -0.187. The Bertz CT molecular complexity index is 822. The second-order valence-electron chi connectivity index (χ2n) is 9.99. The van der Waals surface area contributed by atoms with Gasteiger partial charge in [0, 0.05) is 6.54 Å². The van der Waals surface area contributed by atoms with Crippen molar-refractivity contribution < 1.29 is 9.53 Å². The number of rotatable bonds is 6. The van der Waals surface area contributed by atoms with Crippen molar-refractivity contribution >= 4 is 5.91 Å². The smallest absolute Gasteiger partial charge is 0.232 e. The van der Waals surface area contributed by atoms with Gasteiger partial charge in [-0.15, -0.1) is 0 Å². The van der Waals surface area contributed by atoms with Crippen molar-refractivity contribution in [3.05, 3.63) is 71.8 Å².